The molecule has 0 radical (unpaired) electrons. The maximum Gasteiger partial charge on any atom is 0.519 e. The van der Waals surface area contributed by atoms with Crippen molar-refractivity contribution in [2.45, 2.75) is 13.8 Å². The number of aryl methyl sites for hydroxylation is 2. The second-order valence-electron chi connectivity index (χ2n) is 4.48. The van der Waals surface area contributed by atoms with Gasteiger partial charge in [-0.3, -0.25) is 0 Å². The lowest BCUT2D eigenvalue weighted by Gasteiger charge is -2.11. The van der Waals surface area contributed by atoms with Gasteiger partial charge >= 0.3 is 12.1 Å². The van der Waals surface area contributed by atoms with Gasteiger partial charge in [0.25, 0.3) is 0 Å². The highest BCUT2D eigenvalue weighted by molar-refractivity contribution is 5.92. The van der Waals surface area contributed by atoms with E-state index in [9.17, 15) is 9.59 Å². The Bertz CT molecular complexity index is 691. The van der Waals surface area contributed by atoms with Gasteiger partial charge in [0.2, 0.25) is 0 Å². The van der Waals surface area contributed by atoms with Crippen molar-refractivity contribution in [1.29, 1.82) is 0 Å². The number of hydrogen-bond acceptors (Lipinski definition) is 4. The van der Waals surface area contributed by atoms with E-state index in [0.29, 0.717) is 11.3 Å². The zero-order valence-electron chi connectivity index (χ0n) is 11.6. The van der Waals surface area contributed by atoms with E-state index < -0.39 is 12.1 Å². The minimum absolute atomic E-state index is 0.0106. The van der Waals surface area contributed by atoms with Gasteiger partial charge in [0, 0.05) is 0 Å². The van der Waals surface area contributed by atoms with E-state index in [0.717, 1.165) is 5.56 Å². The third-order valence-electron chi connectivity index (χ3n) is 2.91. The van der Waals surface area contributed by atoms with Crippen molar-refractivity contribution >= 4 is 12.1 Å². The van der Waals surface area contributed by atoms with Crippen LogP contribution in [0, 0.1) is 13.8 Å². The highest BCUT2D eigenvalue weighted by Crippen LogP contribution is 2.25. The second kappa shape index (κ2) is 6.09. The molecule has 1 N–H and O–H groups in total. The average Bonchev–Trinajstić information content (AvgIpc) is 2.43. The van der Waals surface area contributed by atoms with Gasteiger partial charge in [-0.15, -0.1) is 0 Å². The predicted molar refractivity (Wildman–Crippen MR) is 76.0 cm³/mol. The van der Waals surface area contributed by atoms with E-state index in [1.807, 2.05) is 6.07 Å². The van der Waals surface area contributed by atoms with Crippen LogP contribution in [-0.4, -0.2) is 17.2 Å². The zero-order chi connectivity index (χ0) is 15.4. The number of aromatic carboxylic acids is 1. The van der Waals surface area contributed by atoms with Crippen LogP contribution in [-0.2, 0) is 0 Å². The Labute approximate surface area is 121 Å². The number of ether oxygens (including phenoxy) is 2. The fourth-order valence-corrected chi connectivity index (χ4v) is 1.82. The van der Waals surface area contributed by atoms with Crippen LogP contribution in [0.25, 0.3) is 0 Å². The molecule has 108 valence electrons. The molecule has 0 spiro atoms. The minimum atomic E-state index is -1.17. The Morgan fingerprint density at radius 1 is 0.905 bits per heavy atom. The molecule has 5 heteroatoms. The molecule has 5 nitrogen and oxygen atoms in total. The van der Waals surface area contributed by atoms with E-state index in [-0.39, 0.29) is 11.3 Å². The van der Waals surface area contributed by atoms with Gasteiger partial charge in [-0.05, 0) is 37.1 Å². The number of carboxylic acids is 1. The Balaban J connectivity index is 2.21. The molecule has 0 aliphatic heterocycles. The molecule has 2 aromatic carbocycles. The van der Waals surface area contributed by atoms with Crippen LogP contribution in [0.5, 0.6) is 11.5 Å². The number of para-hydroxylation sites is 2. The molecule has 0 unspecified atom stereocenters. The molecular weight excluding hydrogens is 272 g/mol. The van der Waals surface area contributed by atoms with Gasteiger partial charge in [-0.1, -0.05) is 30.3 Å². The third kappa shape index (κ3) is 3.39. The van der Waals surface area contributed by atoms with Crippen LogP contribution in [0.4, 0.5) is 4.79 Å². The summed E-state index contributed by atoms with van der Waals surface area (Å²) in [6.45, 7) is 3.45. The van der Waals surface area contributed by atoms with Crippen molar-refractivity contribution in [2.24, 2.45) is 0 Å². The number of carbonyl (C=O) groups is 2. The lowest BCUT2D eigenvalue weighted by molar-refractivity contribution is 0.0693. The number of benzene rings is 2. The summed E-state index contributed by atoms with van der Waals surface area (Å²) in [4.78, 5) is 23.0. The van der Waals surface area contributed by atoms with Crippen LogP contribution in [0.3, 0.4) is 0 Å². The summed E-state index contributed by atoms with van der Waals surface area (Å²) in [5.74, 6) is -0.811. The lowest BCUT2D eigenvalue weighted by Crippen LogP contribution is -2.17. The predicted octanol–water partition coefficient (Wildman–Crippen LogP) is 3.58. The first kappa shape index (κ1) is 14.6. The zero-order valence-corrected chi connectivity index (χ0v) is 11.6. The van der Waals surface area contributed by atoms with E-state index in [2.05, 4.69) is 0 Å². The highest BCUT2D eigenvalue weighted by atomic mass is 16.7. The van der Waals surface area contributed by atoms with E-state index >= 15 is 0 Å². The summed E-state index contributed by atoms with van der Waals surface area (Å²) in [7, 11) is 0. The molecule has 0 bridgehead atoms. The Kier molecular flexibility index (Phi) is 4.23. The fraction of sp³-hybridized carbons (Fsp3) is 0.125. The molecule has 2 aromatic rings. The summed E-state index contributed by atoms with van der Waals surface area (Å²) in [6, 6.07) is 11.6. The Morgan fingerprint density at radius 3 is 2.24 bits per heavy atom. The van der Waals surface area contributed by atoms with Gasteiger partial charge in [-0.25, -0.2) is 9.59 Å². The van der Waals surface area contributed by atoms with Crippen molar-refractivity contribution in [3.8, 4) is 11.5 Å². The third-order valence-corrected chi connectivity index (χ3v) is 2.91. The summed E-state index contributed by atoms with van der Waals surface area (Å²) in [6.07, 6.45) is -0.971. The molecule has 0 aromatic heterocycles. The largest absolute Gasteiger partial charge is 0.519 e. The van der Waals surface area contributed by atoms with Gasteiger partial charge in [0.15, 0.2) is 5.75 Å². The fourth-order valence-electron chi connectivity index (χ4n) is 1.82. The monoisotopic (exact) mass is 286 g/mol. The molecule has 0 amide bonds. The smallest absolute Gasteiger partial charge is 0.478 e. The molecular formula is C16H14O5. The SMILES string of the molecule is Cc1ccccc1OC(=O)Oc1c(C)cccc1C(=O)O. The molecule has 0 atom stereocenters. The van der Waals surface area contributed by atoms with Gasteiger partial charge in [-0.2, -0.15) is 0 Å². The molecule has 21 heavy (non-hydrogen) atoms. The van der Waals surface area contributed by atoms with Gasteiger partial charge < -0.3 is 14.6 Å². The number of hydrogen-bond donors (Lipinski definition) is 1. The standard InChI is InChI=1S/C16H14O5/c1-10-6-3-4-9-13(10)20-16(19)21-14-11(2)7-5-8-12(14)15(17)18/h3-9H,1-2H3,(H,17,18). The topological polar surface area (TPSA) is 72.8 Å². The Hall–Kier alpha value is -2.82. The Morgan fingerprint density at radius 2 is 1.57 bits per heavy atom. The van der Waals surface area contributed by atoms with Crippen molar-refractivity contribution in [1.82, 2.24) is 0 Å². The first-order valence-electron chi connectivity index (χ1n) is 6.27. The quantitative estimate of drug-likeness (QED) is 0.689. The summed E-state index contributed by atoms with van der Waals surface area (Å²) in [5.41, 5.74) is 1.23. The first-order valence-corrected chi connectivity index (χ1v) is 6.27. The highest BCUT2D eigenvalue weighted by Gasteiger charge is 2.18. The lowest BCUT2D eigenvalue weighted by atomic mass is 10.1. The normalized spacial score (nSPS) is 10.0. The summed E-state index contributed by atoms with van der Waals surface area (Å²) in [5, 5.41) is 9.10. The maximum absolute atomic E-state index is 11.8. The molecule has 2 rings (SSSR count). The van der Waals surface area contributed by atoms with E-state index in [1.165, 1.54) is 6.07 Å². The van der Waals surface area contributed by atoms with Crippen LogP contribution in [0.1, 0.15) is 21.5 Å². The second-order valence-corrected chi connectivity index (χ2v) is 4.48. The summed E-state index contributed by atoms with van der Waals surface area (Å²) < 4.78 is 10.1. The molecule has 0 aliphatic rings. The molecule has 0 fully saturated rings. The van der Waals surface area contributed by atoms with E-state index in [1.54, 1.807) is 44.2 Å². The summed E-state index contributed by atoms with van der Waals surface area (Å²) >= 11 is 0. The van der Waals surface area contributed by atoms with Crippen LogP contribution in [0.15, 0.2) is 42.5 Å². The number of carboxylic acid groups (broad SMARTS) is 1. The van der Waals surface area contributed by atoms with Crippen LogP contribution < -0.4 is 9.47 Å². The van der Waals surface area contributed by atoms with Crippen molar-refractivity contribution in [3.63, 3.8) is 0 Å². The first-order chi connectivity index (χ1) is 9.99. The average molecular weight is 286 g/mol. The molecule has 0 heterocycles. The van der Waals surface area contributed by atoms with E-state index in [4.69, 9.17) is 14.6 Å². The van der Waals surface area contributed by atoms with Gasteiger partial charge in [0.05, 0.1) is 0 Å². The molecule has 0 aliphatic carbocycles. The maximum atomic E-state index is 11.8. The molecule has 0 saturated heterocycles. The van der Waals surface area contributed by atoms with Crippen molar-refractivity contribution in [3.05, 3.63) is 59.2 Å². The van der Waals surface area contributed by atoms with Gasteiger partial charge in [0.1, 0.15) is 11.3 Å². The number of rotatable bonds is 3. The van der Waals surface area contributed by atoms with Crippen molar-refractivity contribution in [2.75, 3.05) is 0 Å². The minimum Gasteiger partial charge on any atom is -0.478 e. The number of carbonyl (C=O) groups excluding carboxylic acids is 1. The molecule has 0 saturated carbocycles. The van der Waals surface area contributed by atoms with Crippen molar-refractivity contribution < 1.29 is 24.2 Å². The van der Waals surface area contributed by atoms with Crippen LogP contribution in [0.2, 0.25) is 0 Å². The van der Waals surface area contributed by atoms with Crippen LogP contribution >= 0.6 is 0 Å².